The van der Waals surface area contributed by atoms with E-state index in [1.165, 1.54) is 25.1 Å². The molecule has 0 saturated heterocycles. The Kier molecular flexibility index (Phi) is 8.28. The zero-order valence-corrected chi connectivity index (χ0v) is 14.0. The van der Waals surface area contributed by atoms with Gasteiger partial charge >= 0.3 is 0 Å². The average molecular weight is 294 g/mol. The van der Waals surface area contributed by atoms with E-state index in [9.17, 15) is 4.79 Å². The SMILES string of the molecule is CCC/C=C/CCCC1=NCC[N+]1(CC)CCNC(C)=O. The second-order valence-electron chi connectivity index (χ2n) is 5.84. The number of rotatable bonds is 10. The van der Waals surface area contributed by atoms with E-state index in [0.29, 0.717) is 0 Å². The van der Waals surface area contributed by atoms with E-state index in [-0.39, 0.29) is 5.91 Å². The van der Waals surface area contributed by atoms with E-state index in [1.807, 2.05) is 0 Å². The molecule has 1 rings (SSSR count). The fourth-order valence-electron chi connectivity index (χ4n) is 2.93. The molecule has 1 amide bonds. The lowest BCUT2D eigenvalue weighted by molar-refractivity contribution is -0.833. The molecule has 0 aromatic rings. The second-order valence-corrected chi connectivity index (χ2v) is 5.84. The first-order valence-corrected chi connectivity index (χ1v) is 8.44. The molecule has 1 atom stereocenters. The van der Waals surface area contributed by atoms with Crippen molar-refractivity contribution in [3.63, 3.8) is 0 Å². The lowest BCUT2D eigenvalue weighted by atomic mass is 10.1. The molecule has 1 N–H and O–H groups in total. The third kappa shape index (κ3) is 6.00. The number of allylic oxidation sites excluding steroid dienone is 2. The Morgan fingerprint density at radius 3 is 2.76 bits per heavy atom. The number of carbonyl (C=O) groups is 1. The van der Waals surface area contributed by atoms with Crippen LogP contribution < -0.4 is 5.32 Å². The van der Waals surface area contributed by atoms with Crippen LogP contribution in [0.5, 0.6) is 0 Å². The van der Waals surface area contributed by atoms with Crippen LogP contribution in [0.15, 0.2) is 17.1 Å². The van der Waals surface area contributed by atoms with Gasteiger partial charge in [0.25, 0.3) is 0 Å². The quantitative estimate of drug-likeness (QED) is 0.376. The zero-order valence-electron chi connectivity index (χ0n) is 14.0. The lowest BCUT2D eigenvalue weighted by Crippen LogP contribution is -2.54. The molecule has 0 fully saturated rings. The number of aliphatic imine (C=N–C) groups is 1. The molecule has 4 nitrogen and oxygen atoms in total. The third-order valence-corrected chi connectivity index (χ3v) is 4.28. The maximum atomic E-state index is 11.0. The molecular formula is C17H32N3O+. The van der Waals surface area contributed by atoms with Crippen molar-refractivity contribution in [2.45, 2.75) is 52.9 Å². The Morgan fingerprint density at radius 2 is 2.10 bits per heavy atom. The minimum Gasteiger partial charge on any atom is -0.351 e. The lowest BCUT2D eigenvalue weighted by Gasteiger charge is -2.33. The molecule has 0 aromatic carbocycles. The molecule has 0 spiro atoms. The van der Waals surface area contributed by atoms with E-state index in [1.54, 1.807) is 6.92 Å². The molecule has 0 radical (unpaired) electrons. The number of unbranched alkanes of at least 4 members (excludes halogenated alkanes) is 2. The van der Waals surface area contributed by atoms with Crippen molar-refractivity contribution in [2.24, 2.45) is 4.99 Å². The van der Waals surface area contributed by atoms with Crippen molar-refractivity contribution in [3.8, 4) is 0 Å². The summed E-state index contributed by atoms with van der Waals surface area (Å²) in [6.45, 7) is 10.8. The molecule has 1 heterocycles. The standard InChI is InChI=1S/C17H31N3O/c1-4-6-7-8-9-10-11-17-19-13-15-20(17,5-2)14-12-18-16(3)21/h7-8H,4-6,9-15H2,1-3H3/p+1/b8-7+. The van der Waals surface area contributed by atoms with Crippen LogP contribution in [0.1, 0.15) is 52.9 Å². The highest BCUT2D eigenvalue weighted by molar-refractivity contribution is 5.77. The molecule has 0 saturated carbocycles. The number of nitrogens with one attached hydrogen (secondary N) is 1. The van der Waals surface area contributed by atoms with Gasteiger partial charge in [-0.2, -0.15) is 0 Å². The summed E-state index contributed by atoms with van der Waals surface area (Å²) < 4.78 is 0.971. The Hall–Kier alpha value is -1.16. The van der Waals surface area contributed by atoms with Gasteiger partial charge in [-0.05, 0) is 26.2 Å². The van der Waals surface area contributed by atoms with Crippen LogP contribution in [-0.4, -0.2) is 48.9 Å². The van der Waals surface area contributed by atoms with Crippen LogP contribution in [0.25, 0.3) is 0 Å². The van der Waals surface area contributed by atoms with Crippen LogP contribution in [-0.2, 0) is 4.79 Å². The van der Waals surface area contributed by atoms with Crippen LogP contribution in [0, 0.1) is 0 Å². The maximum Gasteiger partial charge on any atom is 0.217 e. The summed E-state index contributed by atoms with van der Waals surface area (Å²) >= 11 is 0. The smallest absolute Gasteiger partial charge is 0.217 e. The predicted octanol–water partition coefficient (Wildman–Crippen LogP) is 2.90. The van der Waals surface area contributed by atoms with Crippen LogP contribution in [0.3, 0.4) is 0 Å². The molecule has 1 aliphatic heterocycles. The van der Waals surface area contributed by atoms with Gasteiger partial charge in [-0.25, -0.2) is 4.99 Å². The van der Waals surface area contributed by atoms with Gasteiger partial charge in [0.2, 0.25) is 5.91 Å². The zero-order chi connectivity index (χ0) is 15.6. The summed E-state index contributed by atoms with van der Waals surface area (Å²) in [4.78, 5) is 15.8. The molecule has 1 unspecified atom stereocenters. The molecule has 0 aliphatic carbocycles. The molecule has 0 aromatic heterocycles. The van der Waals surface area contributed by atoms with Crippen molar-refractivity contribution < 1.29 is 9.28 Å². The molecule has 21 heavy (non-hydrogen) atoms. The molecular weight excluding hydrogens is 262 g/mol. The highest BCUT2D eigenvalue weighted by atomic mass is 16.1. The number of quaternary nitrogens is 1. The Labute approximate surface area is 129 Å². The minimum absolute atomic E-state index is 0.0583. The number of hydrogen-bond donors (Lipinski definition) is 1. The highest BCUT2D eigenvalue weighted by Crippen LogP contribution is 2.19. The Morgan fingerprint density at radius 1 is 1.33 bits per heavy atom. The normalized spacial score (nSPS) is 21.8. The van der Waals surface area contributed by atoms with Gasteiger partial charge in [0.15, 0.2) is 5.84 Å². The fraction of sp³-hybridized carbons (Fsp3) is 0.765. The van der Waals surface area contributed by atoms with Gasteiger partial charge in [0.1, 0.15) is 13.1 Å². The second kappa shape index (κ2) is 9.72. The number of amidine groups is 1. The van der Waals surface area contributed by atoms with E-state index in [0.717, 1.165) is 50.0 Å². The topological polar surface area (TPSA) is 41.5 Å². The largest absolute Gasteiger partial charge is 0.351 e. The Bertz CT molecular complexity index is 376. The number of likely N-dealkylation sites (N-methyl/N-ethyl adjacent to an activating group) is 1. The first-order chi connectivity index (χ1) is 10.1. The third-order valence-electron chi connectivity index (χ3n) is 4.28. The number of hydrogen-bond acceptors (Lipinski definition) is 2. The van der Waals surface area contributed by atoms with Crippen molar-refractivity contribution in [2.75, 3.05) is 32.7 Å². The fourth-order valence-corrected chi connectivity index (χ4v) is 2.93. The summed E-state index contributed by atoms with van der Waals surface area (Å²) in [5.41, 5.74) is 0. The average Bonchev–Trinajstić information content (AvgIpc) is 2.86. The molecule has 120 valence electrons. The monoisotopic (exact) mass is 294 g/mol. The summed E-state index contributed by atoms with van der Waals surface area (Å²) in [6.07, 6.45) is 10.4. The first-order valence-electron chi connectivity index (χ1n) is 8.44. The van der Waals surface area contributed by atoms with Crippen LogP contribution >= 0.6 is 0 Å². The first kappa shape index (κ1) is 17.9. The number of nitrogens with zero attached hydrogens (tertiary/aromatic N) is 2. The Balaban J connectivity index is 2.41. The van der Waals surface area contributed by atoms with Crippen LogP contribution in [0.2, 0.25) is 0 Å². The van der Waals surface area contributed by atoms with Crippen molar-refractivity contribution in [3.05, 3.63) is 12.2 Å². The number of carbonyl (C=O) groups excluding carboxylic acids is 1. The van der Waals surface area contributed by atoms with Crippen molar-refractivity contribution in [1.82, 2.24) is 5.32 Å². The van der Waals surface area contributed by atoms with Gasteiger partial charge in [0, 0.05) is 13.3 Å². The molecule has 1 aliphatic rings. The minimum atomic E-state index is 0.0583. The van der Waals surface area contributed by atoms with E-state index in [4.69, 9.17) is 4.99 Å². The maximum absolute atomic E-state index is 11.0. The van der Waals surface area contributed by atoms with Crippen molar-refractivity contribution in [1.29, 1.82) is 0 Å². The van der Waals surface area contributed by atoms with Crippen LogP contribution in [0.4, 0.5) is 0 Å². The van der Waals surface area contributed by atoms with E-state index in [2.05, 4.69) is 31.3 Å². The predicted molar refractivity (Wildman–Crippen MR) is 89.4 cm³/mol. The summed E-state index contributed by atoms with van der Waals surface area (Å²) in [7, 11) is 0. The van der Waals surface area contributed by atoms with Gasteiger partial charge in [-0.3, -0.25) is 9.28 Å². The van der Waals surface area contributed by atoms with Gasteiger partial charge in [-0.15, -0.1) is 0 Å². The number of amides is 1. The van der Waals surface area contributed by atoms with E-state index < -0.39 is 0 Å². The summed E-state index contributed by atoms with van der Waals surface area (Å²) in [5, 5.41) is 2.92. The summed E-state index contributed by atoms with van der Waals surface area (Å²) in [5.74, 6) is 1.40. The van der Waals surface area contributed by atoms with Gasteiger partial charge in [-0.1, -0.05) is 25.5 Å². The molecule has 0 bridgehead atoms. The van der Waals surface area contributed by atoms with Crippen molar-refractivity contribution >= 4 is 11.7 Å². The summed E-state index contributed by atoms with van der Waals surface area (Å²) in [6, 6.07) is 0. The van der Waals surface area contributed by atoms with Gasteiger partial charge < -0.3 is 5.32 Å². The van der Waals surface area contributed by atoms with E-state index >= 15 is 0 Å². The highest BCUT2D eigenvalue weighted by Gasteiger charge is 2.35. The van der Waals surface area contributed by atoms with Gasteiger partial charge in [0.05, 0.1) is 19.6 Å². The molecule has 4 heteroatoms.